The standard InChI is InChI=1S/C23H26N6O5/c1-15-20(25-26-28(15)18-10-7-11-19(13-18)29(32)33)21(30)24-17-9-6-8-16(12-17)14-27(5)22(31)34-23(2,3)4/h6-13H,14H2,1-5H3,(H,24,30). The minimum absolute atomic E-state index is 0.0859. The number of hydrogen-bond donors (Lipinski definition) is 1. The van der Waals surface area contributed by atoms with Crippen LogP contribution in [-0.2, 0) is 11.3 Å². The number of ether oxygens (including phenoxy) is 1. The Morgan fingerprint density at radius 3 is 2.56 bits per heavy atom. The molecule has 1 heterocycles. The molecule has 3 aromatic rings. The number of carbonyl (C=O) groups excluding carboxylic acids is 2. The second-order valence-electron chi connectivity index (χ2n) is 8.70. The van der Waals surface area contributed by atoms with Crippen LogP contribution >= 0.6 is 0 Å². The summed E-state index contributed by atoms with van der Waals surface area (Å²) in [6.45, 7) is 7.34. The molecule has 34 heavy (non-hydrogen) atoms. The summed E-state index contributed by atoms with van der Waals surface area (Å²) in [5.41, 5.74) is 1.56. The van der Waals surface area contributed by atoms with Crippen LogP contribution in [0.5, 0.6) is 0 Å². The zero-order valence-corrected chi connectivity index (χ0v) is 19.6. The third kappa shape index (κ3) is 5.94. The second-order valence-corrected chi connectivity index (χ2v) is 8.70. The molecule has 1 aromatic heterocycles. The number of nitro benzene ring substituents is 1. The van der Waals surface area contributed by atoms with E-state index in [0.29, 0.717) is 23.6 Å². The molecule has 2 amide bonds. The van der Waals surface area contributed by atoms with Crippen molar-refractivity contribution < 1.29 is 19.2 Å². The summed E-state index contributed by atoms with van der Waals surface area (Å²) in [7, 11) is 1.63. The Kier molecular flexibility index (Phi) is 6.94. The number of hydrogen-bond acceptors (Lipinski definition) is 7. The Hall–Kier alpha value is -4.28. The van der Waals surface area contributed by atoms with Gasteiger partial charge in [0.05, 0.1) is 16.3 Å². The Labute approximate surface area is 196 Å². The maximum atomic E-state index is 12.8. The van der Waals surface area contributed by atoms with Crippen LogP contribution < -0.4 is 5.32 Å². The van der Waals surface area contributed by atoms with E-state index in [0.717, 1.165) is 5.56 Å². The number of amides is 2. The molecule has 0 radical (unpaired) electrons. The Bertz CT molecular complexity index is 1230. The van der Waals surface area contributed by atoms with Crippen molar-refractivity contribution in [3.8, 4) is 5.69 Å². The van der Waals surface area contributed by atoms with Gasteiger partial charge in [0.1, 0.15) is 5.60 Å². The van der Waals surface area contributed by atoms with Crippen molar-refractivity contribution in [2.45, 2.75) is 39.8 Å². The molecule has 0 saturated heterocycles. The molecule has 0 bridgehead atoms. The fourth-order valence-electron chi connectivity index (χ4n) is 3.14. The van der Waals surface area contributed by atoms with Gasteiger partial charge >= 0.3 is 6.09 Å². The van der Waals surface area contributed by atoms with Gasteiger partial charge in [-0.2, -0.15) is 0 Å². The van der Waals surface area contributed by atoms with E-state index in [1.54, 1.807) is 59.0 Å². The number of nitro groups is 1. The zero-order chi connectivity index (χ0) is 25.0. The van der Waals surface area contributed by atoms with Gasteiger partial charge in [0, 0.05) is 31.4 Å². The van der Waals surface area contributed by atoms with Gasteiger partial charge in [-0.1, -0.05) is 23.4 Å². The number of non-ortho nitro benzene ring substituents is 1. The fraction of sp³-hybridized carbons (Fsp3) is 0.304. The lowest BCUT2D eigenvalue weighted by Gasteiger charge is -2.24. The van der Waals surface area contributed by atoms with E-state index >= 15 is 0 Å². The molecule has 0 unspecified atom stereocenters. The summed E-state index contributed by atoms with van der Waals surface area (Å²) in [5.74, 6) is -0.480. The second kappa shape index (κ2) is 9.69. The van der Waals surface area contributed by atoms with Crippen molar-refractivity contribution in [1.82, 2.24) is 19.9 Å². The minimum atomic E-state index is -0.596. The van der Waals surface area contributed by atoms with Crippen LogP contribution in [0.25, 0.3) is 5.69 Å². The number of rotatable bonds is 6. The van der Waals surface area contributed by atoms with Gasteiger partial charge in [-0.25, -0.2) is 9.48 Å². The molecular weight excluding hydrogens is 440 g/mol. The molecule has 2 aromatic carbocycles. The molecule has 3 rings (SSSR count). The summed E-state index contributed by atoms with van der Waals surface area (Å²) in [4.78, 5) is 37.0. The fourth-order valence-corrected chi connectivity index (χ4v) is 3.14. The first-order valence-electron chi connectivity index (χ1n) is 10.5. The molecule has 0 spiro atoms. The average Bonchev–Trinajstić information content (AvgIpc) is 3.14. The van der Waals surface area contributed by atoms with Crippen molar-refractivity contribution in [2.75, 3.05) is 12.4 Å². The first kappa shape index (κ1) is 24.4. The maximum absolute atomic E-state index is 12.8. The SMILES string of the molecule is Cc1c(C(=O)Nc2cccc(CN(C)C(=O)OC(C)(C)C)c2)nnn1-c1cccc([N+](=O)[O-])c1. The lowest BCUT2D eigenvalue weighted by atomic mass is 10.2. The maximum Gasteiger partial charge on any atom is 0.410 e. The summed E-state index contributed by atoms with van der Waals surface area (Å²) < 4.78 is 6.73. The lowest BCUT2D eigenvalue weighted by molar-refractivity contribution is -0.384. The molecule has 0 aliphatic rings. The molecule has 0 aliphatic heterocycles. The van der Waals surface area contributed by atoms with Gasteiger partial charge in [0.25, 0.3) is 11.6 Å². The van der Waals surface area contributed by atoms with Gasteiger partial charge in [0.2, 0.25) is 0 Å². The largest absolute Gasteiger partial charge is 0.444 e. The quantitative estimate of drug-likeness (QED) is 0.427. The smallest absolute Gasteiger partial charge is 0.410 e. The van der Waals surface area contributed by atoms with Gasteiger partial charge in [-0.3, -0.25) is 14.9 Å². The van der Waals surface area contributed by atoms with Crippen molar-refractivity contribution in [1.29, 1.82) is 0 Å². The highest BCUT2D eigenvalue weighted by Gasteiger charge is 2.21. The molecule has 1 N–H and O–H groups in total. The van der Waals surface area contributed by atoms with E-state index in [4.69, 9.17) is 4.74 Å². The van der Waals surface area contributed by atoms with E-state index in [1.807, 2.05) is 6.07 Å². The molecule has 11 nitrogen and oxygen atoms in total. The third-order valence-corrected chi connectivity index (χ3v) is 4.70. The predicted octanol–water partition coefficient (Wildman–Crippen LogP) is 4.10. The van der Waals surface area contributed by atoms with Crippen molar-refractivity contribution in [3.63, 3.8) is 0 Å². The predicted molar refractivity (Wildman–Crippen MR) is 125 cm³/mol. The van der Waals surface area contributed by atoms with E-state index in [1.165, 1.54) is 27.8 Å². The van der Waals surface area contributed by atoms with E-state index in [-0.39, 0.29) is 11.4 Å². The van der Waals surface area contributed by atoms with E-state index in [9.17, 15) is 19.7 Å². The Morgan fingerprint density at radius 2 is 1.88 bits per heavy atom. The van der Waals surface area contributed by atoms with Crippen molar-refractivity contribution in [3.05, 3.63) is 75.6 Å². The van der Waals surface area contributed by atoms with Crippen LogP contribution in [-0.4, -0.2) is 49.5 Å². The van der Waals surface area contributed by atoms with Crippen LogP contribution in [0, 0.1) is 17.0 Å². The number of nitrogens with zero attached hydrogens (tertiary/aromatic N) is 5. The van der Waals surface area contributed by atoms with Crippen molar-refractivity contribution in [2.24, 2.45) is 0 Å². The number of aromatic nitrogens is 3. The number of nitrogens with one attached hydrogen (secondary N) is 1. The van der Waals surface area contributed by atoms with Crippen LogP contribution in [0.3, 0.4) is 0 Å². The normalized spacial score (nSPS) is 11.1. The lowest BCUT2D eigenvalue weighted by Crippen LogP contribution is -2.33. The zero-order valence-electron chi connectivity index (χ0n) is 19.6. The summed E-state index contributed by atoms with van der Waals surface area (Å²) in [6.07, 6.45) is -0.449. The summed E-state index contributed by atoms with van der Waals surface area (Å²) >= 11 is 0. The van der Waals surface area contributed by atoms with Crippen LogP contribution in [0.1, 0.15) is 42.5 Å². The number of benzene rings is 2. The summed E-state index contributed by atoms with van der Waals surface area (Å²) in [5, 5.41) is 21.8. The topological polar surface area (TPSA) is 132 Å². The highest BCUT2D eigenvalue weighted by Crippen LogP contribution is 2.20. The van der Waals surface area contributed by atoms with Gasteiger partial charge in [0.15, 0.2) is 5.69 Å². The number of anilines is 1. The van der Waals surface area contributed by atoms with Crippen molar-refractivity contribution >= 4 is 23.4 Å². The van der Waals surface area contributed by atoms with Crippen LogP contribution in [0.2, 0.25) is 0 Å². The Morgan fingerprint density at radius 1 is 1.18 bits per heavy atom. The van der Waals surface area contributed by atoms with Gasteiger partial charge in [-0.15, -0.1) is 5.10 Å². The molecule has 11 heteroatoms. The highest BCUT2D eigenvalue weighted by molar-refractivity contribution is 6.03. The first-order valence-corrected chi connectivity index (χ1v) is 10.5. The monoisotopic (exact) mass is 466 g/mol. The molecule has 0 saturated carbocycles. The molecule has 0 fully saturated rings. The Balaban J connectivity index is 1.73. The van der Waals surface area contributed by atoms with Crippen LogP contribution in [0.15, 0.2) is 48.5 Å². The van der Waals surface area contributed by atoms with Gasteiger partial charge < -0.3 is 15.0 Å². The van der Waals surface area contributed by atoms with Gasteiger partial charge in [-0.05, 0) is 51.5 Å². The minimum Gasteiger partial charge on any atom is -0.444 e. The van der Waals surface area contributed by atoms with E-state index in [2.05, 4.69) is 15.6 Å². The molecule has 178 valence electrons. The average molecular weight is 466 g/mol. The molecule has 0 aliphatic carbocycles. The highest BCUT2D eigenvalue weighted by atomic mass is 16.6. The third-order valence-electron chi connectivity index (χ3n) is 4.70. The van der Waals surface area contributed by atoms with Crippen LogP contribution in [0.4, 0.5) is 16.2 Å². The molecule has 0 atom stereocenters. The summed E-state index contributed by atoms with van der Waals surface area (Å²) in [6, 6.07) is 13.0. The first-order chi connectivity index (χ1) is 15.9. The molecular formula is C23H26N6O5. The van der Waals surface area contributed by atoms with E-state index < -0.39 is 22.5 Å². The number of carbonyl (C=O) groups is 2.